The Morgan fingerprint density at radius 1 is 1.53 bits per heavy atom. The maximum atomic E-state index is 10.5. The van der Waals surface area contributed by atoms with Crippen LogP contribution in [0.5, 0.6) is 11.5 Å². The van der Waals surface area contributed by atoms with Crippen molar-refractivity contribution in [3.63, 3.8) is 0 Å². The molecule has 0 spiro atoms. The summed E-state index contributed by atoms with van der Waals surface area (Å²) in [5.74, 6) is 0.249. The first-order valence-electron chi connectivity index (χ1n) is 4.54. The molecule has 15 heavy (non-hydrogen) atoms. The maximum Gasteiger partial charge on any atom is 0.305 e. The molecule has 1 heterocycles. The average molecular weight is 209 g/mol. The van der Waals surface area contributed by atoms with Gasteiger partial charge in [-0.3, -0.25) is 4.79 Å². The number of aliphatic carboxylic acids is 1. The molecule has 0 fully saturated rings. The van der Waals surface area contributed by atoms with E-state index in [9.17, 15) is 4.79 Å². The fraction of sp³-hybridized carbons (Fsp3) is 0.300. The van der Waals surface area contributed by atoms with Gasteiger partial charge in [0.05, 0.1) is 6.42 Å². The van der Waals surface area contributed by atoms with Gasteiger partial charge >= 0.3 is 5.97 Å². The van der Waals surface area contributed by atoms with Gasteiger partial charge in [-0.15, -0.1) is 0 Å². The van der Waals surface area contributed by atoms with Gasteiger partial charge in [-0.05, 0) is 6.07 Å². The Kier molecular flexibility index (Phi) is 2.47. The Morgan fingerprint density at radius 2 is 2.33 bits per heavy atom. The Morgan fingerprint density at radius 3 is 3.07 bits per heavy atom. The van der Waals surface area contributed by atoms with Crippen LogP contribution in [0, 0.1) is 0 Å². The highest BCUT2D eigenvalue weighted by Crippen LogP contribution is 2.38. The normalized spacial score (nSPS) is 15.0. The number of ether oxygens (including phenoxy) is 2. The zero-order valence-electron chi connectivity index (χ0n) is 7.97. The monoisotopic (exact) mass is 209 g/mol. The maximum absolute atomic E-state index is 10.5. The number of carboxylic acids is 1. The average Bonchev–Trinajstić information content (AvgIpc) is 2.63. The van der Waals surface area contributed by atoms with Crippen LogP contribution in [-0.2, 0) is 4.79 Å². The molecule has 3 N–H and O–H groups in total. The van der Waals surface area contributed by atoms with E-state index in [1.54, 1.807) is 18.2 Å². The molecule has 1 aliphatic rings. The fourth-order valence-electron chi connectivity index (χ4n) is 1.54. The van der Waals surface area contributed by atoms with Crippen LogP contribution in [0.4, 0.5) is 0 Å². The Hall–Kier alpha value is -1.75. The van der Waals surface area contributed by atoms with E-state index in [4.69, 9.17) is 20.3 Å². The Bertz CT molecular complexity index is 391. The van der Waals surface area contributed by atoms with Gasteiger partial charge < -0.3 is 20.3 Å². The predicted molar refractivity (Wildman–Crippen MR) is 51.7 cm³/mol. The van der Waals surface area contributed by atoms with Crippen molar-refractivity contribution in [1.82, 2.24) is 0 Å². The lowest BCUT2D eigenvalue weighted by Crippen LogP contribution is -2.15. The number of carbonyl (C=O) groups is 1. The van der Waals surface area contributed by atoms with Gasteiger partial charge in [0.1, 0.15) is 0 Å². The molecular weight excluding hydrogens is 198 g/mol. The highest BCUT2D eigenvalue weighted by molar-refractivity contribution is 5.68. The first kappa shape index (κ1) is 9.79. The van der Waals surface area contributed by atoms with E-state index in [0.29, 0.717) is 17.1 Å². The second-order valence-corrected chi connectivity index (χ2v) is 3.29. The van der Waals surface area contributed by atoms with Crippen molar-refractivity contribution in [2.45, 2.75) is 12.5 Å². The van der Waals surface area contributed by atoms with E-state index in [1.165, 1.54) is 0 Å². The van der Waals surface area contributed by atoms with Gasteiger partial charge in [0.2, 0.25) is 6.79 Å². The number of fused-ring (bicyclic) bond motifs is 1. The van der Waals surface area contributed by atoms with Gasteiger partial charge in [-0.2, -0.15) is 0 Å². The summed E-state index contributed by atoms with van der Waals surface area (Å²) in [4.78, 5) is 10.5. The zero-order valence-corrected chi connectivity index (χ0v) is 7.97. The number of hydrogen-bond acceptors (Lipinski definition) is 4. The molecule has 0 saturated heterocycles. The van der Waals surface area contributed by atoms with Crippen LogP contribution in [0.2, 0.25) is 0 Å². The van der Waals surface area contributed by atoms with Gasteiger partial charge in [0, 0.05) is 11.6 Å². The topological polar surface area (TPSA) is 81.8 Å². The summed E-state index contributed by atoms with van der Waals surface area (Å²) in [6.45, 7) is 0.159. The summed E-state index contributed by atoms with van der Waals surface area (Å²) >= 11 is 0. The molecule has 0 unspecified atom stereocenters. The molecule has 5 heteroatoms. The molecule has 0 bridgehead atoms. The predicted octanol–water partition coefficient (Wildman–Crippen LogP) is 0.890. The zero-order chi connectivity index (χ0) is 10.8. The van der Waals surface area contributed by atoms with Crippen molar-refractivity contribution in [2.75, 3.05) is 6.79 Å². The van der Waals surface area contributed by atoms with E-state index in [2.05, 4.69) is 0 Å². The summed E-state index contributed by atoms with van der Waals surface area (Å²) in [7, 11) is 0. The van der Waals surface area contributed by atoms with Crippen molar-refractivity contribution in [3.05, 3.63) is 23.8 Å². The number of para-hydroxylation sites is 1. The lowest BCUT2D eigenvalue weighted by molar-refractivity contribution is -0.137. The summed E-state index contributed by atoms with van der Waals surface area (Å²) in [6.07, 6.45) is -0.125. The molecule has 1 aromatic carbocycles. The third-order valence-electron chi connectivity index (χ3n) is 2.22. The molecule has 80 valence electrons. The van der Waals surface area contributed by atoms with Crippen LogP contribution in [0.15, 0.2) is 18.2 Å². The smallest absolute Gasteiger partial charge is 0.305 e. The van der Waals surface area contributed by atoms with Crippen molar-refractivity contribution < 1.29 is 19.4 Å². The van der Waals surface area contributed by atoms with Crippen LogP contribution in [0.1, 0.15) is 18.0 Å². The number of carboxylic acid groups (broad SMARTS) is 1. The molecule has 0 aromatic heterocycles. The minimum atomic E-state index is -0.931. The lowest BCUT2D eigenvalue weighted by atomic mass is 10.0. The molecule has 0 amide bonds. The van der Waals surface area contributed by atoms with Crippen LogP contribution in [0.25, 0.3) is 0 Å². The second kappa shape index (κ2) is 3.78. The van der Waals surface area contributed by atoms with Gasteiger partial charge in [0.15, 0.2) is 11.5 Å². The van der Waals surface area contributed by atoms with Gasteiger partial charge in [0.25, 0.3) is 0 Å². The minimum absolute atomic E-state index is 0.125. The van der Waals surface area contributed by atoms with E-state index in [-0.39, 0.29) is 13.2 Å². The van der Waals surface area contributed by atoms with Crippen LogP contribution >= 0.6 is 0 Å². The molecule has 1 aromatic rings. The highest BCUT2D eigenvalue weighted by Gasteiger charge is 2.22. The number of benzene rings is 1. The number of rotatable bonds is 3. The highest BCUT2D eigenvalue weighted by atomic mass is 16.7. The quantitative estimate of drug-likeness (QED) is 0.772. The van der Waals surface area contributed by atoms with E-state index >= 15 is 0 Å². The second-order valence-electron chi connectivity index (χ2n) is 3.29. The van der Waals surface area contributed by atoms with Crippen molar-refractivity contribution in [3.8, 4) is 11.5 Å². The molecule has 0 aliphatic carbocycles. The summed E-state index contributed by atoms with van der Waals surface area (Å²) < 4.78 is 10.4. The fourth-order valence-corrected chi connectivity index (χ4v) is 1.54. The largest absolute Gasteiger partial charge is 0.481 e. The molecule has 1 aliphatic heterocycles. The van der Waals surface area contributed by atoms with Crippen molar-refractivity contribution in [1.29, 1.82) is 0 Å². The van der Waals surface area contributed by atoms with Crippen LogP contribution in [0.3, 0.4) is 0 Å². The molecular formula is C10H11NO4. The van der Waals surface area contributed by atoms with Crippen molar-refractivity contribution in [2.24, 2.45) is 5.73 Å². The first-order chi connectivity index (χ1) is 7.18. The summed E-state index contributed by atoms with van der Waals surface area (Å²) in [5, 5.41) is 8.64. The third-order valence-corrected chi connectivity index (χ3v) is 2.22. The molecule has 5 nitrogen and oxygen atoms in total. The van der Waals surface area contributed by atoms with Crippen LogP contribution < -0.4 is 15.2 Å². The van der Waals surface area contributed by atoms with Gasteiger partial charge in [-0.25, -0.2) is 0 Å². The lowest BCUT2D eigenvalue weighted by Gasteiger charge is -2.11. The molecule has 2 rings (SSSR count). The summed E-state index contributed by atoms with van der Waals surface area (Å²) in [5.41, 5.74) is 6.43. The number of hydrogen-bond donors (Lipinski definition) is 2. The third kappa shape index (κ3) is 1.87. The van der Waals surface area contributed by atoms with E-state index in [0.717, 1.165) is 0 Å². The van der Waals surface area contributed by atoms with Crippen molar-refractivity contribution >= 4 is 5.97 Å². The van der Waals surface area contributed by atoms with Gasteiger partial charge in [-0.1, -0.05) is 12.1 Å². The molecule has 0 saturated carbocycles. The molecule has 0 radical (unpaired) electrons. The van der Waals surface area contributed by atoms with E-state index in [1.807, 2.05) is 0 Å². The summed E-state index contributed by atoms with van der Waals surface area (Å²) in [6, 6.07) is 4.71. The number of nitrogens with two attached hydrogens (primary N) is 1. The minimum Gasteiger partial charge on any atom is -0.481 e. The van der Waals surface area contributed by atoms with E-state index < -0.39 is 12.0 Å². The SMILES string of the molecule is N[C@@H](CC(=O)O)c1cccc2c1OCO2. The van der Waals surface area contributed by atoms with Crippen LogP contribution in [-0.4, -0.2) is 17.9 Å². The Balaban J connectivity index is 2.28. The first-order valence-corrected chi connectivity index (χ1v) is 4.54. The molecule has 1 atom stereocenters. The Labute approximate surface area is 86.4 Å². The standard InChI is InChI=1S/C10H11NO4/c11-7(4-9(12)13)6-2-1-3-8-10(6)15-5-14-8/h1-3,7H,4-5,11H2,(H,12,13)/t7-/m0/s1.